The molecule has 0 aliphatic carbocycles. The van der Waals surface area contributed by atoms with Crippen molar-refractivity contribution in [3.8, 4) is 12.3 Å². The molecule has 0 aliphatic rings. The van der Waals surface area contributed by atoms with Crippen molar-refractivity contribution in [2.24, 2.45) is 12.0 Å². The first kappa shape index (κ1) is 14.1. The highest BCUT2D eigenvalue weighted by molar-refractivity contribution is 5.79. The monoisotopic (exact) mass is 247 g/mol. The molecule has 2 N–H and O–H groups in total. The molecule has 0 amide bonds. The average molecular weight is 247 g/mol. The van der Waals surface area contributed by atoms with Gasteiger partial charge in [-0.1, -0.05) is 5.92 Å². The topological polar surface area (TPSA) is 54.2 Å². The second kappa shape index (κ2) is 8.18. The Morgan fingerprint density at radius 2 is 2.39 bits per heavy atom. The normalized spacial score (nSPS) is 11.1. The lowest BCUT2D eigenvalue weighted by molar-refractivity contribution is 0.764. The second-order valence-corrected chi connectivity index (χ2v) is 3.94. The fraction of sp³-hybridized carbons (Fsp3) is 0.538. The number of rotatable bonds is 6. The predicted molar refractivity (Wildman–Crippen MR) is 74.3 cm³/mol. The van der Waals surface area contributed by atoms with Crippen LogP contribution in [0.2, 0.25) is 0 Å². The first-order valence-corrected chi connectivity index (χ1v) is 6.19. The van der Waals surface area contributed by atoms with Crippen molar-refractivity contribution >= 4 is 5.96 Å². The smallest absolute Gasteiger partial charge is 0.192 e. The van der Waals surface area contributed by atoms with Crippen LogP contribution in [0.4, 0.5) is 0 Å². The summed E-state index contributed by atoms with van der Waals surface area (Å²) in [6.45, 7) is 4.13. The van der Waals surface area contributed by atoms with Crippen molar-refractivity contribution in [2.45, 2.75) is 19.8 Å². The summed E-state index contributed by atoms with van der Waals surface area (Å²) < 4.78 is 1.82. The minimum Gasteiger partial charge on any atom is -0.357 e. The van der Waals surface area contributed by atoms with Gasteiger partial charge in [-0.15, -0.1) is 6.42 Å². The van der Waals surface area contributed by atoms with E-state index in [2.05, 4.69) is 26.6 Å². The van der Waals surface area contributed by atoms with Gasteiger partial charge in [0.15, 0.2) is 5.96 Å². The van der Waals surface area contributed by atoms with E-state index in [-0.39, 0.29) is 0 Å². The van der Waals surface area contributed by atoms with E-state index in [0.29, 0.717) is 6.54 Å². The summed E-state index contributed by atoms with van der Waals surface area (Å²) >= 11 is 0. The number of hydrogen-bond donors (Lipinski definition) is 2. The zero-order valence-electron chi connectivity index (χ0n) is 11.1. The lowest BCUT2D eigenvalue weighted by atomic mass is 10.2. The first-order valence-electron chi connectivity index (χ1n) is 6.19. The molecule has 18 heavy (non-hydrogen) atoms. The zero-order valence-corrected chi connectivity index (χ0v) is 11.1. The minimum absolute atomic E-state index is 0.494. The van der Waals surface area contributed by atoms with E-state index in [1.165, 1.54) is 5.56 Å². The number of aromatic nitrogens is 2. The fourth-order valence-electron chi connectivity index (χ4n) is 1.55. The third-order valence-corrected chi connectivity index (χ3v) is 2.35. The maximum atomic E-state index is 5.20. The summed E-state index contributed by atoms with van der Waals surface area (Å²) in [5, 5.41) is 10.3. The Bertz CT molecular complexity index is 413. The van der Waals surface area contributed by atoms with Gasteiger partial charge in [-0.3, -0.25) is 9.67 Å². The minimum atomic E-state index is 0.494. The molecule has 0 aromatic carbocycles. The number of terminal acetylenes is 1. The van der Waals surface area contributed by atoms with Crippen molar-refractivity contribution in [1.82, 2.24) is 20.4 Å². The summed E-state index contributed by atoms with van der Waals surface area (Å²) in [5.41, 5.74) is 1.24. The van der Waals surface area contributed by atoms with Crippen LogP contribution in [0.5, 0.6) is 0 Å². The van der Waals surface area contributed by atoms with E-state index in [0.717, 1.165) is 31.9 Å². The lowest BCUT2D eigenvalue weighted by Crippen LogP contribution is -2.37. The Morgan fingerprint density at radius 1 is 1.56 bits per heavy atom. The van der Waals surface area contributed by atoms with Gasteiger partial charge in [-0.2, -0.15) is 5.10 Å². The van der Waals surface area contributed by atoms with Crippen LogP contribution >= 0.6 is 0 Å². The van der Waals surface area contributed by atoms with Crippen molar-refractivity contribution in [3.63, 3.8) is 0 Å². The van der Waals surface area contributed by atoms with E-state index >= 15 is 0 Å². The lowest BCUT2D eigenvalue weighted by Gasteiger charge is -2.08. The van der Waals surface area contributed by atoms with Crippen molar-refractivity contribution in [3.05, 3.63) is 18.0 Å². The summed E-state index contributed by atoms with van der Waals surface area (Å²) in [6, 6.07) is 0. The van der Waals surface area contributed by atoms with Gasteiger partial charge in [0.2, 0.25) is 0 Å². The van der Waals surface area contributed by atoms with E-state index in [4.69, 9.17) is 6.42 Å². The van der Waals surface area contributed by atoms with Crippen LogP contribution in [0.3, 0.4) is 0 Å². The molecule has 1 aromatic heterocycles. The summed E-state index contributed by atoms with van der Waals surface area (Å²) in [4.78, 5) is 4.44. The standard InChI is InChI=1S/C13H21N5/c1-4-8-15-13(14-5-2)16-9-6-7-12-10-17-18(3)11-12/h1,10-11H,5-9H2,2-3H3,(H2,14,15,16). The van der Waals surface area contributed by atoms with Gasteiger partial charge in [0, 0.05) is 26.3 Å². The van der Waals surface area contributed by atoms with Crippen molar-refractivity contribution in [2.75, 3.05) is 19.6 Å². The van der Waals surface area contributed by atoms with Crippen LogP contribution in [0, 0.1) is 12.3 Å². The molecule has 5 nitrogen and oxygen atoms in total. The Morgan fingerprint density at radius 3 is 3.00 bits per heavy atom. The molecular formula is C13H21N5. The molecule has 0 atom stereocenters. The summed E-state index contributed by atoms with van der Waals surface area (Å²) in [6.07, 6.45) is 11.1. The third-order valence-electron chi connectivity index (χ3n) is 2.35. The molecule has 0 unspecified atom stereocenters. The number of guanidine groups is 1. The second-order valence-electron chi connectivity index (χ2n) is 3.94. The molecule has 0 aliphatic heterocycles. The highest BCUT2D eigenvalue weighted by Crippen LogP contribution is 2.00. The van der Waals surface area contributed by atoms with Crippen LogP contribution in [0.15, 0.2) is 17.4 Å². The van der Waals surface area contributed by atoms with Crippen molar-refractivity contribution in [1.29, 1.82) is 0 Å². The molecule has 0 spiro atoms. The molecule has 1 aromatic rings. The van der Waals surface area contributed by atoms with Crippen molar-refractivity contribution < 1.29 is 0 Å². The summed E-state index contributed by atoms with van der Waals surface area (Å²) in [7, 11) is 1.93. The molecule has 0 radical (unpaired) electrons. The molecule has 0 fully saturated rings. The number of nitrogens with one attached hydrogen (secondary N) is 2. The van der Waals surface area contributed by atoms with Crippen LogP contribution < -0.4 is 10.6 Å². The van der Waals surface area contributed by atoms with Gasteiger partial charge in [0.1, 0.15) is 0 Å². The Balaban J connectivity index is 2.29. The predicted octanol–water partition coefficient (Wildman–Crippen LogP) is 0.541. The van der Waals surface area contributed by atoms with Crippen LogP contribution in [-0.4, -0.2) is 35.4 Å². The first-order chi connectivity index (χ1) is 8.76. The quantitative estimate of drug-likeness (QED) is 0.334. The van der Waals surface area contributed by atoms with Gasteiger partial charge in [-0.25, -0.2) is 0 Å². The molecular weight excluding hydrogens is 226 g/mol. The van der Waals surface area contributed by atoms with Gasteiger partial charge < -0.3 is 10.6 Å². The molecule has 5 heteroatoms. The molecule has 0 saturated carbocycles. The third kappa shape index (κ3) is 5.39. The van der Waals surface area contributed by atoms with Gasteiger partial charge in [-0.05, 0) is 25.3 Å². The maximum Gasteiger partial charge on any atom is 0.192 e. The molecule has 1 heterocycles. The Labute approximate surface area is 109 Å². The van der Waals surface area contributed by atoms with Gasteiger partial charge >= 0.3 is 0 Å². The maximum absolute atomic E-state index is 5.20. The number of nitrogens with zero attached hydrogens (tertiary/aromatic N) is 3. The highest BCUT2D eigenvalue weighted by Gasteiger charge is 1.97. The molecule has 1 rings (SSSR count). The van der Waals surface area contributed by atoms with E-state index in [1.807, 2.05) is 31.0 Å². The van der Waals surface area contributed by atoms with E-state index in [1.54, 1.807) is 0 Å². The van der Waals surface area contributed by atoms with Crippen LogP contribution in [0.1, 0.15) is 18.9 Å². The highest BCUT2D eigenvalue weighted by atomic mass is 15.2. The number of aliphatic imine (C=N–C) groups is 1. The van der Waals surface area contributed by atoms with Crippen LogP contribution in [-0.2, 0) is 13.5 Å². The Hall–Kier alpha value is -1.96. The number of aryl methyl sites for hydroxylation is 2. The zero-order chi connectivity index (χ0) is 13.2. The largest absolute Gasteiger partial charge is 0.357 e. The van der Waals surface area contributed by atoms with Crippen LogP contribution in [0.25, 0.3) is 0 Å². The molecule has 0 saturated heterocycles. The van der Waals surface area contributed by atoms with Gasteiger partial charge in [0.05, 0.1) is 12.7 Å². The molecule has 98 valence electrons. The summed E-state index contributed by atoms with van der Waals surface area (Å²) in [5.74, 6) is 3.31. The van der Waals surface area contributed by atoms with E-state index < -0.39 is 0 Å². The van der Waals surface area contributed by atoms with Gasteiger partial charge in [0.25, 0.3) is 0 Å². The SMILES string of the molecule is C#CCNC(=NCCCc1cnn(C)c1)NCC. The Kier molecular flexibility index (Phi) is 6.41. The molecule has 0 bridgehead atoms. The fourth-order valence-corrected chi connectivity index (χ4v) is 1.55. The van der Waals surface area contributed by atoms with E-state index in [9.17, 15) is 0 Å². The average Bonchev–Trinajstić information content (AvgIpc) is 2.77. The number of hydrogen-bond acceptors (Lipinski definition) is 2.